The molecule has 0 radical (unpaired) electrons. The van der Waals surface area contributed by atoms with Crippen LogP contribution in [0, 0.1) is 13.8 Å². The number of thiocarbonyl (C=S) groups is 1. The molecule has 22 heavy (non-hydrogen) atoms. The van der Waals surface area contributed by atoms with Crippen molar-refractivity contribution in [2.24, 2.45) is 0 Å². The molecule has 0 amide bonds. The van der Waals surface area contributed by atoms with Gasteiger partial charge in [0.05, 0.1) is 0 Å². The lowest BCUT2D eigenvalue weighted by atomic mass is 9.98. The summed E-state index contributed by atoms with van der Waals surface area (Å²) in [6, 6.07) is 6.26. The van der Waals surface area contributed by atoms with E-state index in [0.29, 0.717) is 5.11 Å². The van der Waals surface area contributed by atoms with Crippen LogP contribution in [0.25, 0.3) is 0 Å². The number of hydrogen-bond donors (Lipinski definition) is 2. The van der Waals surface area contributed by atoms with Crippen LogP contribution in [0.4, 0.5) is 5.69 Å². The molecule has 1 aromatic rings. The predicted octanol–water partition coefficient (Wildman–Crippen LogP) is 3.85. The highest BCUT2D eigenvalue weighted by atomic mass is 32.1. The Labute approximate surface area is 140 Å². The smallest absolute Gasteiger partial charge is 0.170 e. The van der Waals surface area contributed by atoms with Gasteiger partial charge in [-0.3, -0.25) is 4.90 Å². The van der Waals surface area contributed by atoms with Crippen molar-refractivity contribution in [1.29, 1.82) is 0 Å². The molecule has 1 aliphatic rings. The first-order valence-corrected chi connectivity index (χ1v) is 8.67. The fourth-order valence-corrected chi connectivity index (χ4v) is 3.14. The molecule has 0 spiro atoms. The molecule has 0 atom stereocenters. The maximum atomic E-state index is 5.47. The minimum Gasteiger partial charge on any atom is -0.361 e. The first-order chi connectivity index (χ1) is 10.4. The minimum absolute atomic E-state index is 0.133. The summed E-state index contributed by atoms with van der Waals surface area (Å²) in [5.74, 6) is 0. The summed E-state index contributed by atoms with van der Waals surface area (Å²) in [6.07, 6.45) is 4.00. The van der Waals surface area contributed by atoms with E-state index in [1.54, 1.807) is 0 Å². The van der Waals surface area contributed by atoms with Crippen LogP contribution < -0.4 is 10.6 Å². The maximum Gasteiger partial charge on any atom is 0.170 e. The van der Waals surface area contributed by atoms with E-state index < -0.39 is 0 Å². The van der Waals surface area contributed by atoms with Crippen molar-refractivity contribution in [3.05, 3.63) is 29.3 Å². The van der Waals surface area contributed by atoms with Gasteiger partial charge < -0.3 is 10.6 Å². The second-order valence-corrected chi connectivity index (χ2v) is 7.32. The van der Waals surface area contributed by atoms with E-state index in [1.165, 1.54) is 43.5 Å². The number of hydrogen-bond acceptors (Lipinski definition) is 2. The van der Waals surface area contributed by atoms with E-state index in [0.717, 1.165) is 12.2 Å². The van der Waals surface area contributed by atoms with Gasteiger partial charge in [0.2, 0.25) is 0 Å². The van der Waals surface area contributed by atoms with Crippen LogP contribution >= 0.6 is 12.2 Å². The number of nitrogens with one attached hydrogen (secondary N) is 2. The predicted molar refractivity (Wildman–Crippen MR) is 99.6 cm³/mol. The number of aryl methyl sites for hydroxylation is 1. The third-order valence-corrected chi connectivity index (χ3v) is 4.99. The third-order valence-electron chi connectivity index (χ3n) is 4.75. The van der Waals surface area contributed by atoms with Crippen LogP contribution in [0.15, 0.2) is 18.2 Å². The molecule has 0 aliphatic carbocycles. The van der Waals surface area contributed by atoms with E-state index in [-0.39, 0.29) is 5.54 Å². The Morgan fingerprint density at radius 1 is 1.18 bits per heavy atom. The molecule has 3 nitrogen and oxygen atoms in total. The van der Waals surface area contributed by atoms with Crippen molar-refractivity contribution >= 4 is 23.0 Å². The Morgan fingerprint density at radius 3 is 2.55 bits per heavy atom. The van der Waals surface area contributed by atoms with Crippen LogP contribution in [0.2, 0.25) is 0 Å². The second kappa shape index (κ2) is 7.42. The van der Waals surface area contributed by atoms with Gasteiger partial charge in [-0.25, -0.2) is 0 Å². The van der Waals surface area contributed by atoms with Gasteiger partial charge in [-0.15, -0.1) is 0 Å². The van der Waals surface area contributed by atoms with Crippen molar-refractivity contribution in [3.8, 4) is 0 Å². The molecule has 0 saturated carbocycles. The Kier molecular flexibility index (Phi) is 5.81. The van der Waals surface area contributed by atoms with Crippen LogP contribution in [0.5, 0.6) is 0 Å². The van der Waals surface area contributed by atoms with E-state index in [2.05, 4.69) is 61.4 Å². The van der Waals surface area contributed by atoms with Gasteiger partial charge >= 0.3 is 0 Å². The highest BCUT2D eigenvalue weighted by molar-refractivity contribution is 7.80. The molecule has 0 bridgehead atoms. The molecule has 1 saturated heterocycles. The quantitative estimate of drug-likeness (QED) is 0.824. The largest absolute Gasteiger partial charge is 0.361 e. The van der Waals surface area contributed by atoms with Gasteiger partial charge in [0.1, 0.15) is 0 Å². The Balaban J connectivity index is 1.88. The summed E-state index contributed by atoms with van der Waals surface area (Å²) in [6.45, 7) is 12.1. The average Bonchev–Trinajstić information content (AvgIpc) is 2.51. The molecule has 1 fully saturated rings. The zero-order valence-corrected chi connectivity index (χ0v) is 15.1. The molecule has 4 heteroatoms. The van der Waals surface area contributed by atoms with Crippen molar-refractivity contribution in [3.63, 3.8) is 0 Å². The first kappa shape index (κ1) is 17.2. The summed E-state index contributed by atoms with van der Waals surface area (Å²) in [5, 5.41) is 7.43. The number of rotatable bonds is 4. The third kappa shape index (κ3) is 4.43. The van der Waals surface area contributed by atoms with Gasteiger partial charge in [-0.1, -0.05) is 18.6 Å². The summed E-state index contributed by atoms with van der Waals surface area (Å²) in [5.41, 5.74) is 3.75. The molecule has 2 rings (SSSR count). The molecule has 1 aromatic carbocycles. The first-order valence-electron chi connectivity index (χ1n) is 8.26. The standard InChI is InChI=1S/C18H29N3S/c1-14-9-8-10-16(15(14)2)20-17(22)19-13-18(3,4)21-11-6-5-7-12-21/h8-10H,5-7,11-13H2,1-4H3,(H2,19,20,22). The van der Waals surface area contributed by atoms with Gasteiger partial charge in [0, 0.05) is 17.8 Å². The van der Waals surface area contributed by atoms with E-state index >= 15 is 0 Å². The Morgan fingerprint density at radius 2 is 1.86 bits per heavy atom. The van der Waals surface area contributed by atoms with Crippen LogP contribution in [0.3, 0.4) is 0 Å². The fraction of sp³-hybridized carbons (Fsp3) is 0.611. The van der Waals surface area contributed by atoms with Crippen LogP contribution in [-0.4, -0.2) is 35.2 Å². The van der Waals surface area contributed by atoms with Gasteiger partial charge in [0.25, 0.3) is 0 Å². The zero-order chi connectivity index (χ0) is 16.2. The lowest BCUT2D eigenvalue weighted by Crippen LogP contribution is -2.53. The molecule has 1 aliphatic heterocycles. The molecule has 1 heterocycles. The Hall–Kier alpha value is -1.13. The minimum atomic E-state index is 0.133. The van der Waals surface area contributed by atoms with Crippen LogP contribution in [-0.2, 0) is 0 Å². The number of nitrogens with zero attached hydrogens (tertiary/aromatic N) is 1. The molecular formula is C18H29N3S. The fourth-order valence-electron chi connectivity index (χ4n) is 2.96. The monoisotopic (exact) mass is 319 g/mol. The normalized spacial score (nSPS) is 16.4. The number of anilines is 1. The topological polar surface area (TPSA) is 27.3 Å². The average molecular weight is 320 g/mol. The van der Waals surface area contributed by atoms with Crippen molar-refractivity contribution < 1.29 is 0 Å². The van der Waals surface area contributed by atoms with Crippen molar-refractivity contribution in [2.75, 3.05) is 25.0 Å². The van der Waals surface area contributed by atoms with Gasteiger partial charge in [-0.05, 0) is 83.0 Å². The Bertz CT molecular complexity index is 519. The molecule has 0 aromatic heterocycles. The van der Waals surface area contributed by atoms with Crippen molar-refractivity contribution in [2.45, 2.75) is 52.5 Å². The lowest BCUT2D eigenvalue weighted by molar-refractivity contribution is 0.0986. The van der Waals surface area contributed by atoms with E-state index in [4.69, 9.17) is 12.2 Å². The second-order valence-electron chi connectivity index (χ2n) is 6.92. The molecule has 0 unspecified atom stereocenters. The molecule has 122 valence electrons. The zero-order valence-electron chi connectivity index (χ0n) is 14.3. The number of piperidine rings is 1. The SMILES string of the molecule is Cc1cccc(NC(=S)NCC(C)(C)N2CCCCC2)c1C. The summed E-state index contributed by atoms with van der Waals surface area (Å²) in [4.78, 5) is 2.57. The highest BCUT2D eigenvalue weighted by Gasteiger charge is 2.27. The maximum absolute atomic E-state index is 5.47. The van der Waals surface area contributed by atoms with Crippen LogP contribution in [0.1, 0.15) is 44.2 Å². The summed E-state index contributed by atoms with van der Waals surface area (Å²) < 4.78 is 0. The molecular weight excluding hydrogens is 290 g/mol. The lowest BCUT2D eigenvalue weighted by Gasteiger charge is -2.41. The molecule has 2 N–H and O–H groups in total. The summed E-state index contributed by atoms with van der Waals surface area (Å²) in [7, 11) is 0. The van der Waals surface area contributed by atoms with E-state index in [1.807, 2.05) is 0 Å². The van der Waals surface area contributed by atoms with Crippen molar-refractivity contribution in [1.82, 2.24) is 10.2 Å². The van der Waals surface area contributed by atoms with Gasteiger partial charge in [-0.2, -0.15) is 0 Å². The van der Waals surface area contributed by atoms with Gasteiger partial charge in [0.15, 0.2) is 5.11 Å². The highest BCUT2D eigenvalue weighted by Crippen LogP contribution is 2.20. The number of benzene rings is 1. The van der Waals surface area contributed by atoms with E-state index in [9.17, 15) is 0 Å². The number of likely N-dealkylation sites (tertiary alicyclic amines) is 1. The summed E-state index contributed by atoms with van der Waals surface area (Å²) >= 11 is 5.47.